The molecule has 1 rings (SSSR count). The molecule has 0 aliphatic carbocycles. The number of carboxylic acid groups (broad SMARTS) is 1. The van der Waals surface area contributed by atoms with Crippen molar-refractivity contribution in [1.82, 2.24) is 0 Å². The summed E-state index contributed by atoms with van der Waals surface area (Å²) in [6.45, 7) is 1.34. The van der Waals surface area contributed by atoms with Crippen LogP contribution in [0.1, 0.15) is 17.3 Å². The van der Waals surface area contributed by atoms with E-state index < -0.39 is 5.97 Å². The van der Waals surface area contributed by atoms with Gasteiger partial charge in [0.15, 0.2) is 0 Å². The lowest BCUT2D eigenvalue weighted by Crippen LogP contribution is -2.08. The molecule has 74 valence electrons. The molecule has 0 saturated carbocycles. The molecule has 0 saturated heterocycles. The Labute approximate surface area is 80.5 Å². The number of rotatable bonds is 2. The van der Waals surface area contributed by atoms with Crippen LogP contribution in [0.25, 0.3) is 0 Å². The van der Waals surface area contributed by atoms with Crippen molar-refractivity contribution in [3.8, 4) is 0 Å². The number of benzene rings is 1. The molecule has 4 N–H and O–H groups in total. The van der Waals surface area contributed by atoms with E-state index in [1.54, 1.807) is 6.07 Å². The average Bonchev–Trinajstić information content (AvgIpc) is 2.07. The van der Waals surface area contributed by atoms with Crippen molar-refractivity contribution < 1.29 is 14.7 Å². The van der Waals surface area contributed by atoms with Crippen LogP contribution < -0.4 is 11.1 Å². The van der Waals surface area contributed by atoms with E-state index in [9.17, 15) is 9.59 Å². The van der Waals surface area contributed by atoms with Gasteiger partial charge in [-0.25, -0.2) is 4.79 Å². The molecular weight excluding hydrogens is 184 g/mol. The molecule has 0 fully saturated rings. The zero-order valence-electron chi connectivity index (χ0n) is 7.57. The first-order valence-corrected chi connectivity index (χ1v) is 3.91. The third-order valence-electron chi connectivity index (χ3n) is 1.60. The molecular formula is C9H10N2O3. The lowest BCUT2D eigenvalue weighted by Gasteiger charge is -2.05. The van der Waals surface area contributed by atoms with E-state index >= 15 is 0 Å². The minimum absolute atomic E-state index is 0.0174. The van der Waals surface area contributed by atoms with Crippen molar-refractivity contribution in [2.45, 2.75) is 6.92 Å². The van der Waals surface area contributed by atoms with Gasteiger partial charge in [0.25, 0.3) is 0 Å². The summed E-state index contributed by atoms with van der Waals surface area (Å²) in [5.74, 6) is -1.37. The fraction of sp³-hybridized carbons (Fsp3) is 0.111. The van der Waals surface area contributed by atoms with Crippen molar-refractivity contribution in [2.75, 3.05) is 11.1 Å². The largest absolute Gasteiger partial charge is 0.478 e. The van der Waals surface area contributed by atoms with Crippen LogP contribution in [0.2, 0.25) is 0 Å². The zero-order chi connectivity index (χ0) is 10.7. The summed E-state index contributed by atoms with van der Waals surface area (Å²) in [6.07, 6.45) is 0. The van der Waals surface area contributed by atoms with Gasteiger partial charge in [0.2, 0.25) is 5.91 Å². The minimum Gasteiger partial charge on any atom is -0.478 e. The molecule has 0 aliphatic rings. The van der Waals surface area contributed by atoms with Gasteiger partial charge in [0.1, 0.15) is 0 Å². The molecule has 0 atom stereocenters. The van der Waals surface area contributed by atoms with Gasteiger partial charge < -0.3 is 16.2 Å². The Bertz CT molecular complexity index is 388. The van der Waals surface area contributed by atoms with Gasteiger partial charge in [0, 0.05) is 18.3 Å². The number of anilines is 2. The van der Waals surface area contributed by atoms with E-state index in [1.807, 2.05) is 0 Å². The normalized spacial score (nSPS) is 9.50. The number of amides is 1. The minimum atomic E-state index is -1.12. The highest BCUT2D eigenvalue weighted by Gasteiger charge is 2.08. The van der Waals surface area contributed by atoms with E-state index in [0.29, 0.717) is 5.69 Å². The molecule has 0 aliphatic heterocycles. The van der Waals surface area contributed by atoms with Crippen LogP contribution in [0.4, 0.5) is 11.4 Å². The maximum atomic E-state index is 10.7. The molecule has 1 amide bonds. The van der Waals surface area contributed by atoms with Crippen molar-refractivity contribution >= 4 is 23.3 Å². The standard InChI is InChI=1S/C9H10N2O3/c1-5(12)11-6-2-3-8(10)7(4-6)9(13)14/h2-4H,10H2,1H3,(H,11,12)(H,13,14). The molecule has 0 bridgehead atoms. The van der Waals surface area contributed by atoms with Gasteiger partial charge in [-0.15, -0.1) is 0 Å². The lowest BCUT2D eigenvalue weighted by molar-refractivity contribution is -0.114. The first-order valence-electron chi connectivity index (χ1n) is 3.91. The molecule has 5 heteroatoms. The quantitative estimate of drug-likeness (QED) is 0.610. The second-order valence-corrected chi connectivity index (χ2v) is 2.79. The lowest BCUT2D eigenvalue weighted by atomic mass is 10.1. The fourth-order valence-electron chi connectivity index (χ4n) is 1.02. The number of carboxylic acids is 1. The molecule has 0 spiro atoms. The van der Waals surface area contributed by atoms with E-state index in [0.717, 1.165) is 0 Å². The monoisotopic (exact) mass is 194 g/mol. The number of hydrogen-bond donors (Lipinski definition) is 3. The second-order valence-electron chi connectivity index (χ2n) is 2.79. The van der Waals surface area contributed by atoms with Gasteiger partial charge in [0.05, 0.1) is 5.56 Å². The van der Waals surface area contributed by atoms with Crippen LogP contribution in [0.5, 0.6) is 0 Å². The SMILES string of the molecule is CC(=O)Nc1ccc(N)c(C(=O)O)c1. The van der Waals surface area contributed by atoms with Crippen molar-refractivity contribution in [3.63, 3.8) is 0 Å². The van der Waals surface area contributed by atoms with Gasteiger partial charge in [-0.3, -0.25) is 4.79 Å². The predicted molar refractivity (Wildman–Crippen MR) is 52.1 cm³/mol. The predicted octanol–water partition coefficient (Wildman–Crippen LogP) is 0.925. The zero-order valence-corrected chi connectivity index (χ0v) is 7.57. The van der Waals surface area contributed by atoms with E-state index in [1.165, 1.54) is 19.1 Å². The molecule has 1 aromatic carbocycles. The molecule has 14 heavy (non-hydrogen) atoms. The van der Waals surface area contributed by atoms with Crippen molar-refractivity contribution in [2.24, 2.45) is 0 Å². The number of aromatic carboxylic acids is 1. The van der Waals surface area contributed by atoms with Crippen LogP contribution in [-0.4, -0.2) is 17.0 Å². The van der Waals surface area contributed by atoms with Gasteiger partial charge in [-0.1, -0.05) is 0 Å². The first kappa shape index (κ1) is 10.0. The topological polar surface area (TPSA) is 92.4 Å². The Hall–Kier alpha value is -2.04. The van der Waals surface area contributed by atoms with Crippen molar-refractivity contribution in [1.29, 1.82) is 0 Å². The Morgan fingerprint density at radius 1 is 1.43 bits per heavy atom. The number of hydrogen-bond acceptors (Lipinski definition) is 3. The summed E-state index contributed by atoms with van der Waals surface area (Å²) < 4.78 is 0. The number of carbonyl (C=O) groups excluding carboxylic acids is 1. The Balaban J connectivity index is 3.06. The van der Waals surface area contributed by atoms with Gasteiger partial charge in [-0.05, 0) is 18.2 Å². The maximum Gasteiger partial charge on any atom is 0.337 e. The summed E-state index contributed by atoms with van der Waals surface area (Å²) in [6, 6.07) is 4.30. The third-order valence-corrected chi connectivity index (χ3v) is 1.60. The van der Waals surface area contributed by atoms with Crippen LogP contribution in [0.15, 0.2) is 18.2 Å². The summed E-state index contributed by atoms with van der Waals surface area (Å²) in [7, 11) is 0. The average molecular weight is 194 g/mol. The molecule has 0 unspecified atom stereocenters. The third kappa shape index (κ3) is 2.22. The Kier molecular flexibility index (Phi) is 2.71. The van der Waals surface area contributed by atoms with Crippen LogP contribution in [0, 0.1) is 0 Å². The van der Waals surface area contributed by atoms with E-state index in [2.05, 4.69) is 5.32 Å². The highest BCUT2D eigenvalue weighted by molar-refractivity contribution is 5.96. The van der Waals surface area contributed by atoms with Crippen LogP contribution in [-0.2, 0) is 4.79 Å². The molecule has 1 aromatic rings. The van der Waals surface area contributed by atoms with Gasteiger partial charge in [-0.2, -0.15) is 0 Å². The number of nitrogens with two attached hydrogens (primary N) is 1. The highest BCUT2D eigenvalue weighted by Crippen LogP contribution is 2.17. The van der Waals surface area contributed by atoms with E-state index in [-0.39, 0.29) is 17.2 Å². The molecule has 0 heterocycles. The number of nitrogens with one attached hydrogen (secondary N) is 1. The highest BCUT2D eigenvalue weighted by atomic mass is 16.4. The van der Waals surface area contributed by atoms with Gasteiger partial charge >= 0.3 is 5.97 Å². The summed E-state index contributed by atoms with van der Waals surface area (Å²) in [5.41, 5.74) is 6.00. The molecule has 0 radical (unpaired) electrons. The molecule has 5 nitrogen and oxygen atoms in total. The second kappa shape index (κ2) is 3.78. The summed E-state index contributed by atoms with van der Waals surface area (Å²) >= 11 is 0. The number of carbonyl (C=O) groups is 2. The summed E-state index contributed by atoms with van der Waals surface area (Å²) in [5, 5.41) is 11.2. The fourth-order valence-corrected chi connectivity index (χ4v) is 1.02. The summed E-state index contributed by atoms with van der Waals surface area (Å²) in [4.78, 5) is 21.4. The molecule has 0 aromatic heterocycles. The maximum absolute atomic E-state index is 10.7. The Morgan fingerprint density at radius 2 is 2.07 bits per heavy atom. The first-order chi connectivity index (χ1) is 6.50. The van der Waals surface area contributed by atoms with Crippen molar-refractivity contribution in [3.05, 3.63) is 23.8 Å². The number of nitrogen functional groups attached to an aromatic ring is 1. The smallest absolute Gasteiger partial charge is 0.337 e. The van der Waals surface area contributed by atoms with Crippen LogP contribution >= 0.6 is 0 Å². The van der Waals surface area contributed by atoms with Crippen LogP contribution in [0.3, 0.4) is 0 Å². The Morgan fingerprint density at radius 3 is 2.57 bits per heavy atom. The van der Waals surface area contributed by atoms with E-state index in [4.69, 9.17) is 10.8 Å².